The van der Waals surface area contributed by atoms with Crippen molar-refractivity contribution in [3.8, 4) is 0 Å². The van der Waals surface area contributed by atoms with Crippen LogP contribution in [0.3, 0.4) is 0 Å². The molecular formula is C14H24N2O2. The van der Waals surface area contributed by atoms with Gasteiger partial charge in [-0.05, 0) is 43.6 Å². The fraction of sp³-hybridized carbons (Fsp3) is 0.929. The molecular weight excluding hydrogens is 228 g/mol. The summed E-state index contributed by atoms with van der Waals surface area (Å²) in [5, 5.41) is 13.3. The first kappa shape index (κ1) is 12.4. The van der Waals surface area contributed by atoms with Crippen LogP contribution in [0.5, 0.6) is 0 Å². The lowest BCUT2D eigenvalue weighted by Gasteiger charge is -2.36. The van der Waals surface area contributed by atoms with E-state index < -0.39 is 0 Å². The average molecular weight is 252 g/mol. The maximum absolute atomic E-state index is 12.5. The molecule has 0 bridgehead atoms. The van der Waals surface area contributed by atoms with Crippen LogP contribution in [0.4, 0.5) is 0 Å². The first-order valence-corrected chi connectivity index (χ1v) is 7.37. The number of β-amino-alcohol motifs (C(OH)–C–C–N with tert-alkyl or cyclic N) is 1. The van der Waals surface area contributed by atoms with Gasteiger partial charge in [0.05, 0.1) is 12.1 Å². The topological polar surface area (TPSA) is 52.6 Å². The second kappa shape index (κ2) is 4.82. The van der Waals surface area contributed by atoms with Gasteiger partial charge in [-0.3, -0.25) is 4.79 Å². The lowest BCUT2D eigenvalue weighted by molar-refractivity contribution is -0.138. The summed E-state index contributed by atoms with van der Waals surface area (Å²) in [7, 11) is 0. The van der Waals surface area contributed by atoms with E-state index >= 15 is 0 Å². The minimum atomic E-state index is -0.344. The Balaban J connectivity index is 1.64. The molecule has 3 fully saturated rings. The van der Waals surface area contributed by atoms with Crippen molar-refractivity contribution < 1.29 is 9.90 Å². The molecule has 0 spiro atoms. The first-order chi connectivity index (χ1) is 8.66. The number of aliphatic hydroxyl groups excluding tert-OH is 1. The molecule has 1 aliphatic carbocycles. The third-order valence-corrected chi connectivity index (χ3v) is 5.24. The van der Waals surface area contributed by atoms with Crippen molar-refractivity contribution in [3.63, 3.8) is 0 Å². The maximum Gasteiger partial charge on any atom is 0.240 e. The molecule has 0 aromatic carbocycles. The summed E-state index contributed by atoms with van der Waals surface area (Å²) in [6.07, 6.45) is 4.33. The van der Waals surface area contributed by atoms with Crippen LogP contribution in [0, 0.1) is 17.8 Å². The standard InChI is InChI=1S/C14H24N2O2/c1-9-5-6-16(8-12(9)17)14(18)13-11-4-2-3-10(11)7-15-13/h9-13,15,17H,2-8H2,1H3. The molecule has 3 rings (SSSR count). The number of nitrogens with one attached hydrogen (secondary N) is 1. The molecule has 5 unspecified atom stereocenters. The molecule has 5 atom stereocenters. The van der Waals surface area contributed by atoms with Crippen molar-refractivity contribution in [1.82, 2.24) is 10.2 Å². The lowest BCUT2D eigenvalue weighted by atomic mass is 9.91. The van der Waals surface area contributed by atoms with Crippen molar-refractivity contribution >= 4 is 5.91 Å². The number of carbonyl (C=O) groups is 1. The van der Waals surface area contributed by atoms with E-state index in [0.29, 0.717) is 24.3 Å². The van der Waals surface area contributed by atoms with Gasteiger partial charge in [0.15, 0.2) is 0 Å². The Morgan fingerprint density at radius 2 is 2.17 bits per heavy atom. The van der Waals surface area contributed by atoms with E-state index in [1.807, 2.05) is 4.90 Å². The van der Waals surface area contributed by atoms with E-state index in [1.54, 1.807) is 0 Å². The number of nitrogens with zero attached hydrogens (tertiary/aromatic N) is 1. The predicted molar refractivity (Wildman–Crippen MR) is 69.0 cm³/mol. The van der Waals surface area contributed by atoms with Crippen LogP contribution in [0.15, 0.2) is 0 Å². The number of amides is 1. The molecule has 0 aromatic rings. The van der Waals surface area contributed by atoms with Gasteiger partial charge in [-0.25, -0.2) is 0 Å². The molecule has 102 valence electrons. The summed E-state index contributed by atoms with van der Waals surface area (Å²) in [6.45, 7) is 4.41. The van der Waals surface area contributed by atoms with Crippen LogP contribution in [0.1, 0.15) is 32.6 Å². The number of piperidine rings is 1. The van der Waals surface area contributed by atoms with E-state index in [0.717, 1.165) is 19.5 Å². The van der Waals surface area contributed by atoms with Crippen molar-refractivity contribution in [2.75, 3.05) is 19.6 Å². The summed E-state index contributed by atoms with van der Waals surface area (Å²) < 4.78 is 0. The minimum absolute atomic E-state index is 0.0260. The van der Waals surface area contributed by atoms with E-state index in [1.165, 1.54) is 19.3 Å². The normalized spacial score (nSPS) is 44.1. The highest BCUT2D eigenvalue weighted by atomic mass is 16.3. The molecule has 3 aliphatic rings. The van der Waals surface area contributed by atoms with Gasteiger partial charge in [0.2, 0.25) is 5.91 Å². The molecule has 0 aromatic heterocycles. The van der Waals surface area contributed by atoms with Crippen LogP contribution in [-0.4, -0.2) is 47.7 Å². The highest BCUT2D eigenvalue weighted by Gasteiger charge is 2.44. The third-order valence-electron chi connectivity index (χ3n) is 5.24. The predicted octanol–water partition coefficient (Wildman–Crippen LogP) is 0.604. The summed E-state index contributed by atoms with van der Waals surface area (Å²) >= 11 is 0. The van der Waals surface area contributed by atoms with E-state index in [9.17, 15) is 9.90 Å². The molecule has 2 heterocycles. The number of hydrogen-bond donors (Lipinski definition) is 2. The van der Waals surface area contributed by atoms with Crippen LogP contribution in [0.25, 0.3) is 0 Å². The second-order valence-corrected chi connectivity index (χ2v) is 6.36. The molecule has 0 radical (unpaired) electrons. The molecule has 1 amide bonds. The summed E-state index contributed by atoms with van der Waals surface area (Å²) in [4.78, 5) is 14.4. The van der Waals surface area contributed by atoms with Gasteiger partial charge in [0, 0.05) is 13.1 Å². The van der Waals surface area contributed by atoms with Crippen LogP contribution >= 0.6 is 0 Å². The fourth-order valence-electron chi connectivity index (χ4n) is 3.90. The Hall–Kier alpha value is -0.610. The second-order valence-electron chi connectivity index (χ2n) is 6.36. The van der Waals surface area contributed by atoms with Gasteiger partial charge in [-0.1, -0.05) is 13.3 Å². The summed E-state index contributed by atoms with van der Waals surface area (Å²) in [6, 6.07) is 0.0260. The number of fused-ring (bicyclic) bond motifs is 1. The number of carbonyl (C=O) groups excluding carboxylic acids is 1. The van der Waals surface area contributed by atoms with Crippen LogP contribution < -0.4 is 5.32 Å². The largest absolute Gasteiger partial charge is 0.391 e. The number of hydrogen-bond acceptors (Lipinski definition) is 3. The smallest absolute Gasteiger partial charge is 0.240 e. The first-order valence-electron chi connectivity index (χ1n) is 7.37. The SMILES string of the molecule is CC1CCN(C(=O)C2NCC3CCCC32)CC1O. The number of likely N-dealkylation sites (tertiary alicyclic amines) is 1. The van der Waals surface area contributed by atoms with Crippen LogP contribution in [-0.2, 0) is 4.79 Å². The average Bonchev–Trinajstić information content (AvgIpc) is 2.93. The van der Waals surface area contributed by atoms with Gasteiger partial charge >= 0.3 is 0 Å². The zero-order valence-electron chi connectivity index (χ0n) is 11.1. The molecule has 4 nitrogen and oxygen atoms in total. The van der Waals surface area contributed by atoms with Gasteiger partial charge < -0.3 is 15.3 Å². The molecule has 2 saturated heterocycles. The maximum atomic E-state index is 12.5. The van der Waals surface area contributed by atoms with Crippen molar-refractivity contribution in [3.05, 3.63) is 0 Å². The molecule has 1 saturated carbocycles. The van der Waals surface area contributed by atoms with Crippen molar-refractivity contribution in [1.29, 1.82) is 0 Å². The molecule has 2 aliphatic heterocycles. The Bertz CT molecular complexity index is 334. The van der Waals surface area contributed by atoms with E-state index in [2.05, 4.69) is 12.2 Å². The van der Waals surface area contributed by atoms with Gasteiger partial charge in [0.1, 0.15) is 0 Å². The summed E-state index contributed by atoms with van der Waals surface area (Å²) in [5.74, 6) is 1.82. The Kier molecular flexibility index (Phi) is 3.32. The van der Waals surface area contributed by atoms with Crippen molar-refractivity contribution in [2.24, 2.45) is 17.8 Å². The highest BCUT2D eigenvalue weighted by Crippen LogP contribution is 2.38. The molecule has 2 N–H and O–H groups in total. The highest BCUT2D eigenvalue weighted by molar-refractivity contribution is 5.83. The fourth-order valence-corrected chi connectivity index (χ4v) is 3.90. The lowest BCUT2D eigenvalue weighted by Crippen LogP contribution is -2.52. The number of rotatable bonds is 1. The monoisotopic (exact) mass is 252 g/mol. The molecule has 4 heteroatoms. The zero-order valence-corrected chi connectivity index (χ0v) is 11.1. The quantitative estimate of drug-likeness (QED) is 0.719. The van der Waals surface area contributed by atoms with Gasteiger partial charge in [-0.2, -0.15) is 0 Å². The van der Waals surface area contributed by atoms with Crippen molar-refractivity contribution in [2.45, 2.75) is 44.8 Å². The van der Waals surface area contributed by atoms with E-state index in [4.69, 9.17) is 0 Å². The summed E-state index contributed by atoms with van der Waals surface area (Å²) in [5.41, 5.74) is 0. The van der Waals surface area contributed by atoms with Gasteiger partial charge in [0.25, 0.3) is 0 Å². The Morgan fingerprint density at radius 1 is 1.33 bits per heavy atom. The number of aliphatic hydroxyl groups is 1. The van der Waals surface area contributed by atoms with Crippen LogP contribution in [0.2, 0.25) is 0 Å². The van der Waals surface area contributed by atoms with E-state index in [-0.39, 0.29) is 18.1 Å². The third kappa shape index (κ3) is 2.05. The molecule has 18 heavy (non-hydrogen) atoms. The Labute approximate surface area is 109 Å². The van der Waals surface area contributed by atoms with Gasteiger partial charge in [-0.15, -0.1) is 0 Å². The Morgan fingerprint density at radius 3 is 2.94 bits per heavy atom. The zero-order chi connectivity index (χ0) is 12.7. The minimum Gasteiger partial charge on any atom is -0.391 e.